The Kier molecular flexibility index (Phi) is 5.30. The number of primary amides is 1. The largest absolute Gasteiger partial charge is 0.449 e. The summed E-state index contributed by atoms with van der Waals surface area (Å²) < 4.78 is 11.1. The van der Waals surface area contributed by atoms with Crippen molar-refractivity contribution in [3.8, 4) is 17.3 Å². The van der Waals surface area contributed by atoms with Crippen LogP contribution in [0.3, 0.4) is 0 Å². The number of aromatic nitrogens is 4. The first-order chi connectivity index (χ1) is 11.4. The van der Waals surface area contributed by atoms with Gasteiger partial charge in [-0.3, -0.25) is 10.3 Å². The first-order valence-electron chi connectivity index (χ1n) is 7.14. The molecule has 2 aromatic heterocycles. The molecule has 2 rings (SSSR count). The van der Waals surface area contributed by atoms with E-state index in [2.05, 4.69) is 20.6 Å². The van der Waals surface area contributed by atoms with Crippen LogP contribution < -0.4 is 15.8 Å². The predicted molar refractivity (Wildman–Crippen MR) is 84.3 cm³/mol. The molecule has 10 nitrogen and oxygen atoms in total. The van der Waals surface area contributed by atoms with Crippen LogP contribution >= 0.6 is 0 Å². The Morgan fingerprint density at radius 2 is 2.12 bits per heavy atom. The third-order valence-electron chi connectivity index (χ3n) is 2.77. The molecule has 2 heterocycles. The highest BCUT2D eigenvalue weighted by molar-refractivity contribution is 5.84. The third kappa shape index (κ3) is 4.41. The van der Waals surface area contributed by atoms with E-state index < -0.39 is 12.2 Å². The van der Waals surface area contributed by atoms with Crippen molar-refractivity contribution in [3.63, 3.8) is 0 Å². The molecule has 0 spiro atoms. The number of aryl methyl sites for hydroxylation is 1. The molecule has 128 valence electrons. The third-order valence-corrected chi connectivity index (χ3v) is 2.77. The molecule has 0 aromatic carbocycles. The first-order valence-corrected chi connectivity index (χ1v) is 7.14. The first kappa shape index (κ1) is 17.2. The molecule has 0 fully saturated rings. The predicted octanol–water partition coefficient (Wildman–Crippen LogP) is 1.54. The number of ether oxygens (including phenoxy) is 2. The molecule has 3 N–H and O–H groups in total. The number of nitrogens with one attached hydrogen (secondary N) is 1. The minimum absolute atomic E-state index is 0.0760. The standard InChI is InChI=1S/C14H18N6O4/c1-8(2)7-23-14(22)17-9-4-5-10(16-6-9)11-12(24-13(15)21)20(3)19-18-11/h4-6,8H,7H2,1-3H3,(H2,15,21)(H,17,22). The van der Waals surface area contributed by atoms with Gasteiger partial charge in [0.25, 0.3) is 5.88 Å². The molecule has 24 heavy (non-hydrogen) atoms. The molecular formula is C14H18N6O4. The number of hydrogen-bond donors (Lipinski definition) is 2. The highest BCUT2D eigenvalue weighted by Crippen LogP contribution is 2.26. The number of carbonyl (C=O) groups excluding carboxylic acids is 2. The molecule has 0 aliphatic rings. The lowest BCUT2D eigenvalue weighted by Crippen LogP contribution is -2.18. The zero-order chi connectivity index (χ0) is 17.7. The maximum Gasteiger partial charge on any atom is 0.411 e. The van der Waals surface area contributed by atoms with Crippen molar-refractivity contribution in [3.05, 3.63) is 18.3 Å². The van der Waals surface area contributed by atoms with E-state index in [1.807, 2.05) is 13.8 Å². The fourth-order valence-electron chi connectivity index (χ4n) is 1.72. The van der Waals surface area contributed by atoms with Crippen molar-refractivity contribution in [1.82, 2.24) is 20.0 Å². The second-order valence-corrected chi connectivity index (χ2v) is 5.34. The summed E-state index contributed by atoms with van der Waals surface area (Å²) >= 11 is 0. The van der Waals surface area contributed by atoms with Crippen molar-refractivity contribution in [2.45, 2.75) is 13.8 Å². The zero-order valence-electron chi connectivity index (χ0n) is 13.5. The molecule has 0 bridgehead atoms. The average Bonchev–Trinajstić information content (AvgIpc) is 2.87. The van der Waals surface area contributed by atoms with E-state index in [-0.39, 0.29) is 17.5 Å². The van der Waals surface area contributed by atoms with Gasteiger partial charge >= 0.3 is 12.2 Å². The van der Waals surface area contributed by atoms with Crippen molar-refractivity contribution < 1.29 is 19.1 Å². The molecule has 2 amide bonds. The number of carbonyl (C=O) groups is 2. The van der Waals surface area contributed by atoms with E-state index in [9.17, 15) is 9.59 Å². The maximum absolute atomic E-state index is 11.6. The van der Waals surface area contributed by atoms with Gasteiger partial charge in [-0.25, -0.2) is 14.3 Å². The smallest absolute Gasteiger partial charge is 0.411 e. The number of nitrogens with two attached hydrogens (primary N) is 1. The second kappa shape index (κ2) is 7.40. The van der Waals surface area contributed by atoms with Gasteiger partial charge in [-0.1, -0.05) is 19.1 Å². The van der Waals surface area contributed by atoms with Crippen LogP contribution in [0, 0.1) is 5.92 Å². The molecule has 0 unspecified atom stereocenters. The monoisotopic (exact) mass is 334 g/mol. The van der Waals surface area contributed by atoms with E-state index >= 15 is 0 Å². The Balaban J connectivity index is 2.10. The van der Waals surface area contributed by atoms with Crippen LogP contribution in [0.2, 0.25) is 0 Å². The van der Waals surface area contributed by atoms with E-state index in [1.54, 1.807) is 19.2 Å². The van der Waals surface area contributed by atoms with Gasteiger partial charge in [0.05, 0.1) is 24.2 Å². The van der Waals surface area contributed by atoms with Crippen molar-refractivity contribution in [2.75, 3.05) is 11.9 Å². The molecule has 0 saturated carbocycles. The lowest BCUT2D eigenvalue weighted by Gasteiger charge is -2.08. The molecule has 0 aliphatic heterocycles. The molecule has 0 aliphatic carbocycles. The van der Waals surface area contributed by atoms with Crippen molar-refractivity contribution in [1.29, 1.82) is 0 Å². The van der Waals surface area contributed by atoms with Crippen LogP contribution in [0.15, 0.2) is 18.3 Å². The number of nitrogens with zero attached hydrogens (tertiary/aromatic N) is 4. The van der Waals surface area contributed by atoms with Gasteiger partial charge in [0.1, 0.15) is 0 Å². The number of rotatable bonds is 5. The topological polar surface area (TPSA) is 134 Å². The molecule has 0 atom stereocenters. The van der Waals surface area contributed by atoms with Crippen LogP contribution in [0.25, 0.3) is 11.4 Å². The van der Waals surface area contributed by atoms with E-state index in [1.165, 1.54) is 10.9 Å². The van der Waals surface area contributed by atoms with E-state index in [0.29, 0.717) is 18.0 Å². The fourth-order valence-corrected chi connectivity index (χ4v) is 1.72. The van der Waals surface area contributed by atoms with Gasteiger partial charge in [-0.2, -0.15) is 0 Å². The quantitative estimate of drug-likeness (QED) is 0.846. The number of hydrogen-bond acceptors (Lipinski definition) is 7. The summed E-state index contributed by atoms with van der Waals surface area (Å²) in [5, 5.41) is 10.2. The summed E-state index contributed by atoms with van der Waals surface area (Å²) in [6.07, 6.45) is -0.113. The lowest BCUT2D eigenvalue weighted by molar-refractivity contribution is 0.147. The lowest BCUT2D eigenvalue weighted by atomic mass is 10.2. The summed E-state index contributed by atoms with van der Waals surface area (Å²) in [6.45, 7) is 4.21. The van der Waals surface area contributed by atoms with Crippen LogP contribution in [0.4, 0.5) is 15.3 Å². The molecule has 0 radical (unpaired) electrons. The number of anilines is 1. The molecule has 10 heteroatoms. The minimum Gasteiger partial charge on any atom is -0.449 e. The Hall–Kier alpha value is -3.17. The van der Waals surface area contributed by atoms with E-state index in [0.717, 1.165) is 0 Å². The second-order valence-electron chi connectivity index (χ2n) is 5.34. The van der Waals surface area contributed by atoms with Crippen LogP contribution in [0.1, 0.15) is 13.8 Å². The normalized spacial score (nSPS) is 10.5. The summed E-state index contributed by atoms with van der Waals surface area (Å²) in [7, 11) is 1.55. The van der Waals surface area contributed by atoms with E-state index in [4.69, 9.17) is 15.2 Å². The summed E-state index contributed by atoms with van der Waals surface area (Å²) in [6, 6.07) is 3.21. The Labute approximate surface area is 137 Å². The Bertz CT molecular complexity index is 725. The molecule has 0 saturated heterocycles. The van der Waals surface area contributed by atoms with Gasteiger partial charge in [0.2, 0.25) is 0 Å². The number of amides is 2. The Morgan fingerprint density at radius 1 is 1.38 bits per heavy atom. The molecule has 2 aromatic rings. The number of pyridine rings is 1. The van der Waals surface area contributed by atoms with Crippen LogP contribution in [0.5, 0.6) is 5.88 Å². The minimum atomic E-state index is -0.979. The van der Waals surface area contributed by atoms with Gasteiger partial charge in [0.15, 0.2) is 5.69 Å². The molecular weight excluding hydrogens is 316 g/mol. The van der Waals surface area contributed by atoms with Gasteiger partial charge in [0, 0.05) is 7.05 Å². The SMILES string of the molecule is CC(C)COC(=O)Nc1ccc(-c2nnn(C)c2OC(N)=O)nc1. The summed E-state index contributed by atoms with van der Waals surface area (Å²) in [5.74, 6) is 0.323. The van der Waals surface area contributed by atoms with Gasteiger partial charge < -0.3 is 15.2 Å². The summed E-state index contributed by atoms with van der Waals surface area (Å²) in [4.78, 5) is 26.7. The van der Waals surface area contributed by atoms with Gasteiger partial charge in [-0.05, 0) is 18.1 Å². The highest BCUT2D eigenvalue weighted by Gasteiger charge is 2.17. The maximum atomic E-state index is 11.6. The Morgan fingerprint density at radius 3 is 2.71 bits per heavy atom. The van der Waals surface area contributed by atoms with Gasteiger partial charge in [-0.15, -0.1) is 5.10 Å². The van der Waals surface area contributed by atoms with Crippen LogP contribution in [-0.4, -0.2) is 38.8 Å². The zero-order valence-corrected chi connectivity index (χ0v) is 13.5. The fraction of sp³-hybridized carbons (Fsp3) is 0.357. The summed E-state index contributed by atoms with van der Waals surface area (Å²) in [5.41, 5.74) is 6.13. The average molecular weight is 334 g/mol. The highest BCUT2D eigenvalue weighted by atomic mass is 16.6. The van der Waals surface area contributed by atoms with Crippen molar-refractivity contribution >= 4 is 17.9 Å². The van der Waals surface area contributed by atoms with Crippen molar-refractivity contribution in [2.24, 2.45) is 18.7 Å². The van der Waals surface area contributed by atoms with Crippen LogP contribution in [-0.2, 0) is 11.8 Å².